The molecule has 5 heteroatoms. The summed E-state index contributed by atoms with van der Waals surface area (Å²) in [4.78, 5) is 0. The highest BCUT2D eigenvalue weighted by molar-refractivity contribution is 5.65. The molecular formula is C30H32F4O. The highest BCUT2D eigenvalue weighted by Crippen LogP contribution is 2.38. The van der Waals surface area contributed by atoms with Crippen LogP contribution in [0.15, 0.2) is 48.5 Å². The van der Waals surface area contributed by atoms with E-state index in [9.17, 15) is 17.6 Å². The smallest absolute Gasteiger partial charge is 0.201 e. The first-order valence-electron chi connectivity index (χ1n) is 12.6. The highest BCUT2D eigenvalue weighted by Gasteiger charge is 2.27. The van der Waals surface area contributed by atoms with E-state index in [1.165, 1.54) is 6.07 Å². The fourth-order valence-corrected chi connectivity index (χ4v) is 5.02. The number of benzene rings is 3. The molecular weight excluding hydrogens is 452 g/mol. The molecule has 186 valence electrons. The van der Waals surface area contributed by atoms with E-state index in [0.29, 0.717) is 36.0 Å². The molecule has 0 heterocycles. The van der Waals surface area contributed by atoms with Crippen molar-refractivity contribution in [3.05, 3.63) is 88.5 Å². The van der Waals surface area contributed by atoms with E-state index < -0.39 is 23.3 Å². The van der Waals surface area contributed by atoms with E-state index in [-0.39, 0.29) is 29.8 Å². The van der Waals surface area contributed by atoms with Gasteiger partial charge in [-0.1, -0.05) is 56.7 Å². The lowest BCUT2D eigenvalue weighted by Crippen LogP contribution is -2.20. The molecule has 0 unspecified atom stereocenters. The molecule has 1 fully saturated rings. The second kappa shape index (κ2) is 11.3. The zero-order chi connectivity index (χ0) is 24.9. The first kappa shape index (κ1) is 25.3. The fraction of sp³-hybridized carbons (Fsp3) is 0.400. The number of ether oxygens (including phenoxy) is 1. The predicted molar refractivity (Wildman–Crippen MR) is 132 cm³/mol. The molecule has 3 aromatic carbocycles. The Morgan fingerprint density at radius 3 is 2.11 bits per heavy atom. The number of rotatable bonds is 8. The van der Waals surface area contributed by atoms with E-state index in [1.54, 1.807) is 30.3 Å². The fourth-order valence-electron chi connectivity index (χ4n) is 5.02. The van der Waals surface area contributed by atoms with Crippen molar-refractivity contribution in [1.29, 1.82) is 0 Å². The van der Waals surface area contributed by atoms with Gasteiger partial charge in [-0.2, -0.15) is 4.39 Å². The summed E-state index contributed by atoms with van der Waals surface area (Å²) >= 11 is 0. The normalized spacial score (nSPS) is 18.0. The van der Waals surface area contributed by atoms with E-state index in [2.05, 4.69) is 0 Å². The minimum atomic E-state index is -0.986. The lowest BCUT2D eigenvalue weighted by Gasteiger charge is -2.29. The summed E-state index contributed by atoms with van der Waals surface area (Å²) in [6.07, 6.45) is 5.10. The van der Waals surface area contributed by atoms with Crippen molar-refractivity contribution in [2.24, 2.45) is 5.92 Å². The maximum absolute atomic E-state index is 14.8. The van der Waals surface area contributed by atoms with Gasteiger partial charge in [0.15, 0.2) is 23.2 Å². The van der Waals surface area contributed by atoms with Gasteiger partial charge >= 0.3 is 0 Å². The zero-order valence-corrected chi connectivity index (χ0v) is 20.4. The standard InChI is InChI=1S/C30H32F4O/c1-3-5-23-14-15-24(28(32)27(23)31)22-12-8-20(9-13-22)18-35-26-17-16-25(29(33)30(26)34)21-10-6-19(4-2)7-11-21/h6-7,10-11,14-17,20,22H,3-5,8-9,12-13,18H2,1-2H3. The highest BCUT2D eigenvalue weighted by atomic mass is 19.2. The van der Waals surface area contributed by atoms with Crippen molar-refractivity contribution in [3.63, 3.8) is 0 Å². The molecule has 0 N–H and O–H groups in total. The van der Waals surface area contributed by atoms with Crippen LogP contribution in [-0.2, 0) is 12.8 Å². The largest absolute Gasteiger partial charge is 0.490 e. The molecule has 4 rings (SSSR count). The summed E-state index contributed by atoms with van der Waals surface area (Å²) in [5, 5.41) is 0. The van der Waals surface area contributed by atoms with E-state index in [0.717, 1.165) is 31.2 Å². The van der Waals surface area contributed by atoms with Gasteiger partial charge in [-0.3, -0.25) is 0 Å². The molecule has 0 spiro atoms. The summed E-state index contributed by atoms with van der Waals surface area (Å²) in [6, 6.07) is 13.9. The first-order chi connectivity index (χ1) is 16.9. The Balaban J connectivity index is 1.36. The Morgan fingerprint density at radius 1 is 0.743 bits per heavy atom. The second-order valence-corrected chi connectivity index (χ2v) is 9.51. The van der Waals surface area contributed by atoms with Gasteiger partial charge in [0.05, 0.1) is 6.61 Å². The van der Waals surface area contributed by atoms with Crippen LogP contribution < -0.4 is 4.74 Å². The van der Waals surface area contributed by atoms with Gasteiger partial charge in [0.2, 0.25) is 5.82 Å². The molecule has 0 radical (unpaired) electrons. The minimum Gasteiger partial charge on any atom is -0.490 e. The van der Waals surface area contributed by atoms with Crippen molar-refractivity contribution in [2.45, 2.75) is 64.7 Å². The van der Waals surface area contributed by atoms with Crippen LogP contribution in [0.1, 0.15) is 68.6 Å². The number of halogens is 4. The summed E-state index contributed by atoms with van der Waals surface area (Å²) in [6.45, 7) is 4.24. The van der Waals surface area contributed by atoms with Crippen molar-refractivity contribution in [1.82, 2.24) is 0 Å². The SMILES string of the molecule is CCCc1ccc(C2CCC(COc3ccc(-c4ccc(CC)cc4)c(F)c3F)CC2)c(F)c1F. The van der Waals surface area contributed by atoms with Crippen LogP contribution in [0.25, 0.3) is 11.1 Å². The average Bonchev–Trinajstić information content (AvgIpc) is 2.88. The van der Waals surface area contributed by atoms with E-state index >= 15 is 0 Å². The maximum atomic E-state index is 14.8. The molecule has 0 saturated heterocycles. The van der Waals surface area contributed by atoms with Gasteiger partial charge in [-0.25, -0.2) is 13.2 Å². The number of hydrogen-bond acceptors (Lipinski definition) is 1. The van der Waals surface area contributed by atoms with Crippen LogP contribution in [0.3, 0.4) is 0 Å². The Morgan fingerprint density at radius 2 is 1.46 bits per heavy atom. The van der Waals surface area contributed by atoms with E-state index in [4.69, 9.17) is 4.74 Å². The molecule has 0 bridgehead atoms. The molecule has 1 aliphatic rings. The van der Waals surface area contributed by atoms with Crippen LogP contribution in [0.4, 0.5) is 17.6 Å². The Kier molecular flexibility index (Phi) is 8.15. The van der Waals surface area contributed by atoms with Crippen molar-refractivity contribution < 1.29 is 22.3 Å². The van der Waals surface area contributed by atoms with Crippen LogP contribution >= 0.6 is 0 Å². The third kappa shape index (κ3) is 5.55. The molecule has 1 saturated carbocycles. The van der Waals surface area contributed by atoms with Gasteiger partial charge in [0.25, 0.3) is 0 Å². The van der Waals surface area contributed by atoms with Gasteiger partial charge < -0.3 is 4.74 Å². The molecule has 0 aliphatic heterocycles. The second-order valence-electron chi connectivity index (χ2n) is 9.51. The maximum Gasteiger partial charge on any atom is 0.201 e. The molecule has 35 heavy (non-hydrogen) atoms. The van der Waals surface area contributed by atoms with Crippen LogP contribution in [-0.4, -0.2) is 6.61 Å². The Labute approximate surface area is 205 Å². The van der Waals surface area contributed by atoms with Crippen molar-refractivity contribution in [2.75, 3.05) is 6.61 Å². The molecule has 0 amide bonds. The molecule has 1 nitrogen and oxygen atoms in total. The predicted octanol–water partition coefficient (Wildman–Crippen LogP) is 8.78. The Hall–Kier alpha value is -2.82. The average molecular weight is 485 g/mol. The lowest BCUT2D eigenvalue weighted by molar-refractivity contribution is 0.192. The third-order valence-corrected chi connectivity index (χ3v) is 7.19. The van der Waals surface area contributed by atoms with Crippen molar-refractivity contribution >= 4 is 0 Å². The van der Waals surface area contributed by atoms with Crippen LogP contribution in [0.5, 0.6) is 5.75 Å². The number of aryl methyl sites for hydroxylation is 2. The Bertz CT molecular complexity index is 1150. The minimum absolute atomic E-state index is 0.0380. The summed E-state index contributed by atoms with van der Waals surface area (Å²) in [7, 11) is 0. The molecule has 1 aliphatic carbocycles. The van der Waals surface area contributed by atoms with Crippen LogP contribution in [0, 0.1) is 29.2 Å². The van der Waals surface area contributed by atoms with Gasteiger partial charge in [0.1, 0.15) is 0 Å². The molecule has 3 aromatic rings. The van der Waals surface area contributed by atoms with E-state index in [1.807, 2.05) is 26.0 Å². The third-order valence-electron chi connectivity index (χ3n) is 7.19. The van der Waals surface area contributed by atoms with Gasteiger partial charge in [0, 0.05) is 5.56 Å². The lowest BCUT2D eigenvalue weighted by atomic mass is 9.78. The zero-order valence-electron chi connectivity index (χ0n) is 20.4. The monoisotopic (exact) mass is 484 g/mol. The van der Waals surface area contributed by atoms with Crippen LogP contribution in [0.2, 0.25) is 0 Å². The topological polar surface area (TPSA) is 9.23 Å². The summed E-state index contributed by atoms with van der Waals surface area (Å²) < 4.78 is 64.2. The summed E-state index contributed by atoms with van der Waals surface area (Å²) in [5.41, 5.74) is 2.82. The number of hydrogen-bond donors (Lipinski definition) is 0. The van der Waals surface area contributed by atoms with Crippen molar-refractivity contribution in [3.8, 4) is 16.9 Å². The molecule has 0 atom stereocenters. The van der Waals surface area contributed by atoms with Gasteiger partial charge in [-0.15, -0.1) is 0 Å². The first-order valence-corrected chi connectivity index (χ1v) is 12.6. The quantitative estimate of drug-likeness (QED) is 0.290. The summed E-state index contributed by atoms with van der Waals surface area (Å²) in [5.74, 6) is -3.33. The van der Waals surface area contributed by atoms with Gasteiger partial charge in [-0.05, 0) is 84.7 Å². The molecule has 0 aromatic heterocycles.